The number of aromatic nitrogens is 2. The van der Waals surface area contributed by atoms with Gasteiger partial charge in [-0.05, 0) is 31.4 Å². The molecule has 0 radical (unpaired) electrons. The molecular weight excluding hydrogens is 290 g/mol. The minimum Gasteiger partial charge on any atom is -0.351 e. The maximum Gasteiger partial charge on any atom is 0.148 e. The van der Waals surface area contributed by atoms with Gasteiger partial charge < -0.3 is 4.90 Å². The molecule has 1 fully saturated rings. The summed E-state index contributed by atoms with van der Waals surface area (Å²) in [7, 11) is 0. The second-order valence-corrected chi connectivity index (χ2v) is 5.36. The third-order valence-corrected chi connectivity index (χ3v) is 4.28. The van der Waals surface area contributed by atoms with E-state index in [2.05, 4.69) is 25.8 Å². The molecule has 3 rings (SSSR count). The number of hydrogen-bond acceptors (Lipinski definition) is 3. The lowest BCUT2D eigenvalue weighted by Gasteiger charge is -2.35. The van der Waals surface area contributed by atoms with Gasteiger partial charge in [0, 0.05) is 17.9 Å². The van der Waals surface area contributed by atoms with Crippen LogP contribution in [-0.4, -0.2) is 27.9 Å². The highest BCUT2D eigenvalue weighted by Crippen LogP contribution is 2.25. The first-order valence-electron chi connectivity index (χ1n) is 6.43. The fourth-order valence-corrected chi connectivity index (χ4v) is 3.22. The van der Waals surface area contributed by atoms with Crippen molar-refractivity contribution in [2.75, 3.05) is 16.8 Å². The molecule has 0 spiro atoms. The molecule has 1 aromatic carbocycles. The predicted octanol–water partition coefficient (Wildman–Crippen LogP) is 3.38. The fraction of sp³-hybridized carbons (Fsp3) is 0.429. The number of hydrogen-bond donors (Lipinski definition) is 0. The molecule has 1 unspecified atom stereocenters. The zero-order valence-electron chi connectivity index (χ0n) is 10.2. The van der Waals surface area contributed by atoms with Gasteiger partial charge in [0.2, 0.25) is 0 Å². The average Bonchev–Trinajstić information content (AvgIpc) is 2.46. The Morgan fingerprint density at radius 2 is 2.06 bits per heavy atom. The molecule has 1 aliphatic rings. The lowest BCUT2D eigenvalue weighted by molar-refractivity contribution is 0.487. The summed E-state index contributed by atoms with van der Waals surface area (Å²) in [6.07, 6.45) is 5.70. The molecule has 0 aliphatic carbocycles. The third kappa shape index (κ3) is 2.21. The van der Waals surface area contributed by atoms with E-state index in [0.29, 0.717) is 6.04 Å². The van der Waals surface area contributed by atoms with E-state index >= 15 is 0 Å². The fourth-order valence-electron chi connectivity index (χ4n) is 2.55. The molecule has 2 aromatic rings. The summed E-state index contributed by atoms with van der Waals surface area (Å²) in [6, 6.07) is 8.59. The quantitative estimate of drug-likeness (QED) is 0.797. The van der Waals surface area contributed by atoms with Gasteiger partial charge in [-0.15, -0.1) is 0 Å². The summed E-state index contributed by atoms with van der Waals surface area (Å²) in [5.74, 6) is 1.01. The number of para-hydroxylation sites is 2. The van der Waals surface area contributed by atoms with Crippen molar-refractivity contribution in [3.63, 3.8) is 0 Å². The Morgan fingerprint density at radius 1 is 1.22 bits per heavy atom. The van der Waals surface area contributed by atoms with Crippen molar-refractivity contribution >= 4 is 32.8 Å². The molecule has 1 aromatic heterocycles. The molecule has 2 heterocycles. The molecule has 94 valence electrons. The Kier molecular flexibility index (Phi) is 3.46. The highest BCUT2D eigenvalue weighted by molar-refractivity contribution is 9.09. The molecular formula is C14H16BrN3. The van der Waals surface area contributed by atoms with Crippen LogP contribution in [0.5, 0.6) is 0 Å². The Balaban J connectivity index is 1.97. The zero-order chi connectivity index (χ0) is 12.4. The molecule has 1 atom stereocenters. The van der Waals surface area contributed by atoms with Crippen LogP contribution in [0.25, 0.3) is 11.0 Å². The van der Waals surface area contributed by atoms with Gasteiger partial charge in [0.05, 0.1) is 17.2 Å². The predicted molar refractivity (Wildman–Crippen MR) is 78.3 cm³/mol. The van der Waals surface area contributed by atoms with Crippen molar-refractivity contribution in [1.29, 1.82) is 0 Å². The van der Waals surface area contributed by atoms with E-state index in [-0.39, 0.29) is 0 Å². The normalized spacial score (nSPS) is 20.3. The van der Waals surface area contributed by atoms with Gasteiger partial charge >= 0.3 is 0 Å². The van der Waals surface area contributed by atoms with Crippen LogP contribution < -0.4 is 4.90 Å². The lowest BCUT2D eigenvalue weighted by Crippen LogP contribution is -2.41. The molecule has 0 amide bonds. The van der Waals surface area contributed by atoms with Crippen LogP contribution in [-0.2, 0) is 0 Å². The number of halogens is 1. The summed E-state index contributed by atoms with van der Waals surface area (Å²) in [5, 5.41) is 1.00. The van der Waals surface area contributed by atoms with Gasteiger partial charge in [0.25, 0.3) is 0 Å². The highest BCUT2D eigenvalue weighted by atomic mass is 79.9. The Morgan fingerprint density at radius 3 is 2.89 bits per heavy atom. The largest absolute Gasteiger partial charge is 0.351 e. The first-order valence-corrected chi connectivity index (χ1v) is 7.55. The third-order valence-electron chi connectivity index (χ3n) is 3.54. The summed E-state index contributed by atoms with van der Waals surface area (Å²) in [5.41, 5.74) is 1.95. The minimum absolute atomic E-state index is 0.550. The van der Waals surface area contributed by atoms with Gasteiger partial charge in [-0.1, -0.05) is 28.1 Å². The van der Waals surface area contributed by atoms with E-state index in [4.69, 9.17) is 4.98 Å². The summed E-state index contributed by atoms with van der Waals surface area (Å²) in [6.45, 7) is 1.09. The maximum absolute atomic E-state index is 4.74. The van der Waals surface area contributed by atoms with Gasteiger partial charge in [0.1, 0.15) is 5.82 Å². The first kappa shape index (κ1) is 11.9. The number of alkyl halides is 1. The van der Waals surface area contributed by atoms with Crippen molar-refractivity contribution in [1.82, 2.24) is 9.97 Å². The molecule has 0 bridgehead atoms. The smallest absolute Gasteiger partial charge is 0.148 e. The zero-order valence-corrected chi connectivity index (χ0v) is 11.8. The summed E-state index contributed by atoms with van der Waals surface area (Å²) in [4.78, 5) is 11.6. The van der Waals surface area contributed by atoms with Gasteiger partial charge in [-0.25, -0.2) is 4.98 Å². The lowest BCUT2D eigenvalue weighted by atomic mass is 10.0. The van der Waals surface area contributed by atoms with Crippen LogP contribution in [0.3, 0.4) is 0 Å². The SMILES string of the molecule is BrCC1CCCCN1c1cnc2ccccc2n1. The summed E-state index contributed by atoms with van der Waals surface area (Å²) < 4.78 is 0. The second kappa shape index (κ2) is 5.22. The molecule has 0 saturated carbocycles. The van der Waals surface area contributed by atoms with Crippen LogP contribution in [0.1, 0.15) is 19.3 Å². The Labute approximate surface area is 115 Å². The molecule has 0 N–H and O–H groups in total. The minimum atomic E-state index is 0.550. The molecule has 4 heteroatoms. The number of rotatable bonds is 2. The van der Waals surface area contributed by atoms with Crippen LogP contribution in [0.4, 0.5) is 5.82 Å². The van der Waals surface area contributed by atoms with Crippen molar-refractivity contribution in [2.45, 2.75) is 25.3 Å². The number of piperidine rings is 1. The number of fused-ring (bicyclic) bond motifs is 1. The van der Waals surface area contributed by atoms with Crippen LogP contribution >= 0.6 is 15.9 Å². The first-order chi connectivity index (χ1) is 8.88. The van der Waals surface area contributed by atoms with E-state index in [1.54, 1.807) is 0 Å². The van der Waals surface area contributed by atoms with E-state index in [1.807, 2.05) is 30.5 Å². The van der Waals surface area contributed by atoms with Crippen molar-refractivity contribution in [3.05, 3.63) is 30.5 Å². The van der Waals surface area contributed by atoms with E-state index in [9.17, 15) is 0 Å². The monoisotopic (exact) mass is 305 g/mol. The van der Waals surface area contributed by atoms with E-state index in [1.165, 1.54) is 19.3 Å². The molecule has 18 heavy (non-hydrogen) atoms. The highest BCUT2D eigenvalue weighted by Gasteiger charge is 2.22. The van der Waals surface area contributed by atoms with Gasteiger partial charge in [-0.2, -0.15) is 0 Å². The van der Waals surface area contributed by atoms with Crippen molar-refractivity contribution < 1.29 is 0 Å². The van der Waals surface area contributed by atoms with Crippen LogP contribution in [0.15, 0.2) is 30.5 Å². The number of nitrogens with zero attached hydrogens (tertiary/aromatic N) is 3. The topological polar surface area (TPSA) is 29.0 Å². The second-order valence-electron chi connectivity index (χ2n) is 4.71. The van der Waals surface area contributed by atoms with E-state index < -0.39 is 0 Å². The van der Waals surface area contributed by atoms with Crippen LogP contribution in [0.2, 0.25) is 0 Å². The van der Waals surface area contributed by atoms with Crippen molar-refractivity contribution in [3.8, 4) is 0 Å². The number of benzene rings is 1. The van der Waals surface area contributed by atoms with Gasteiger partial charge in [-0.3, -0.25) is 4.98 Å². The average molecular weight is 306 g/mol. The number of anilines is 1. The maximum atomic E-state index is 4.74. The van der Waals surface area contributed by atoms with Crippen molar-refractivity contribution in [2.24, 2.45) is 0 Å². The molecule has 3 nitrogen and oxygen atoms in total. The summed E-state index contributed by atoms with van der Waals surface area (Å²) >= 11 is 3.61. The Bertz CT molecular complexity index is 543. The Hall–Kier alpha value is -1.16. The van der Waals surface area contributed by atoms with Gasteiger partial charge in [0.15, 0.2) is 0 Å². The van der Waals surface area contributed by atoms with E-state index in [0.717, 1.165) is 28.7 Å². The van der Waals surface area contributed by atoms with Crippen LogP contribution in [0, 0.1) is 0 Å². The standard InChI is InChI=1S/C14H16BrN3/c15-9-11-5-3-4-8-18(11)14-10-16-12-6-1-2-7-13(12)17-14/h1-2,6-7,10-11H,3-5,8-9H2. The molecule has 1 saturated heterocycles. The molecule has 1 aliphatic heterocycles.